The van der Waals surface area contributed by atoms with E-state index in [1.807, 2.05) is 45.0 Å². The first kappa shape index (κ1) is 10.4. The zero-order valence-corrected chi connectivity index (χ0v) is 9.36. The number of benzene rings is 1. The molecule has 0 aliphatic carbocycles. The van der Waals surface area contributed by atoms with Crippen LogP contribution >= 0.6 is 0 Å². The van der Waals surface area contributed by atoms with Crippen LogP contribution in [0.25, 0.3) is 0 Å². The fraction of sp³-hybridized carbons (Fsp3) is 0.462. The van der Waals surface area contributed by atoms with Gasteiger partial charge in [0.25, 0.3) is 0 Å². The first-order valence-corrected chi connectivity index (χ1v) is 5.35. The van der Waals surface area contributed by atoms with Gasteiger partial charge in [0.2, 0.25) is 0 Å². The molecule has 0 bridgehead atoms. The molecule has 0 N–H and O–H groups in total. The smallest absolute Gasteiger partial charge is 0.167 e. The molecule has 2 heteroatoms. The lowest BCUT2D eigenvalue weighted by atomic mass is 10.0. The second-order valence-electron chi connectivity index (χ2n) is 4.45. The molecule has 15 heavy (non-hydrogen) atoms. The van der Waals surface area contributed by atoms with Crippen LogP contribution in [0.2, 0.25) is 0 Å². The van der Waals surface area contributed by atoms with Crippen LogP contribution in [0, 0.1) is 12.8 Å². The lowest BCUT2D eigenvalue weighted by molar-refractivity contribution is -0.123. The molecule has 1 heterocycles. The Morgan fingerprint density at radius 3 is 2.40 bits per heavy atom. The number of carbonyl (C=O) groups is 1. The monoisotopic (exact) mass is 204 g/mol. The summed E-state index contributed by atoms with van der Waals surface area (Å²) < 4.78 is 5.42. The van der Waals surface area contributed by atoms with Crippen LogP contribution in [0.15, 0.2) is 24.3 Å². The molecule has 0 radical (unpaired) electrons. The molecule has 0 spiro atoms. The molecule has 80 valence electrons. The van der Waals surface area contributed by atoms with Crippen LogP contribution < -0.4 is 0 Å². The highest BCUT2D eigenvalue weighted by Crippen LogP contribution is 2.40. The Morgan fingerprint density at radius 2 is 1.87 bits per heavy atom. The summed E-state index contributed by atoms with van der Waals surface area (Å²) in [6.07, 6.45) is -0.201. The average Bonchev–Trinajstić information content (AvgIpc) is 2.97. The molecule has 0 unspecified atom stereocenters. The zero-order valence-electron chi connectivity index (χ0n) is 9.36. The lowest BCUT2D eigenvalue weighted by Crippen LogP contribution is -2.14. The van der Waals surface area contributed by atoms with Gasteiger partial charge in [0.15, 0.2) is 5.78 Å². The molecule has 1 aliphatic heterocycles. The van der Waals surface area contributed by atoms with Crippen LogP contribution in [0.4, 0.5) is 0 Å². The Morgan fingerprint density at radius 1 is 1.27 bits per heavy atom. The van der Waals surface area contributed by atoms with Gasteiger partial charge in [-0.1, -0.05) is 43.7 Å². The summed E-state index contributed by atoms with van der Waals surface area (Å²) in [6.45, 7) is 5.88. The number of hydrogen-bond donors (Lipinski definition) is 0. The molecule has 2 atom stereocenters. The number of hydrogen-bond acceptors (Lipinski definition) is 2. The van der Waals surface area contributed by atoms with Gasteiger partial charge in [-0.3, -0.25) is 4.79 Å². The Balaban J connectivity index is 2.05. The molecule has 1 aromatic carbocycles. The summed E-state index contributed by atoms with van der Waals surface area (Å²) >= 11 is 0. The Hall–Kier alpha value is -1.15. The summed E-state index contributed by atoms with van der Waals surface area (Å²) in [6, 6.07) is 8.17. The number of rotatable bonds is 3. The molecule has 0 amide bonds. The lowest BCUT2D eigenvalue weighted by Gasteiger charge is -1.99. The van der Waals surface area contributed by atoms with Gasteiger partial charge in [0, 0.05) is 5.92 Å². The van der Waals surface area contributed by atoms with Gasteiger partial charge in [0.05, 0.1) is 0 Å². The molecule has 1 aliphatic rings. The largest absolute Gasteiger partial charge is 0.356 e. The summed E-state index contributed by atoms with van der Waals surface area (Å²) in [5.74, 6) is 0.269. The van der Waals surface area contributed by atoms with E-state index in [1.54, 1.807) is 0 Å². The van der Waals surface area contributed by atoms with Crippen molar-refractivity contribution in [1.29, 1.82) is 0 Å². The SMILES string of the molecule is Cc1ccc([C@H]2O[C@@H]2C(=O)C(C)C)cc1. The van der Waals surface area contributed by atoms with Crippen molar-refractivity contribution in [2.75, 3.05) is 0 Å². The molecule has 2 nitrogen and oxygen atoms in total. The maximum Gasteiger partial charge on any atom is 0.167 e. The van der Waals surface area contributed by atoms with Crippen molar-refractivity contribution < 1.29 is 9.53 Å². The molecule has 2 rings (SSSR count). The zero-order chi connectivity index (χ0) is 11.0. The predicted molar refractivity (Wildman–Crippen MR) is 58.6 cm³/mol. The molecule has 0 saturated carbocycles. The molecular weight excluding hydrogens is 188 g/mol. The van der Waals surface area contributed by atoms with Gasteiger partial charge in [-0.2, -0.15) is 0 Å². The van der Waals surface area contributed by atoms with Crippen LogP contribution in [0.5, 0.6) is 0 Å². The summed E-state index contributed by atoms with van der Waals surface area (Å²) in [5.41, 5.74) is 2.34. The predicted octanol–water partition coefficient (Wildman–Crippen LogP) is 2.66. The summed E-state index contributed by atoms with van der Waals surface area (Å²) in [5, 5.41) is 0. The number of aryl methyl sites for hydroxylation is 1. The van der Waals surface area contributed by atoms with Gasteiger partial charge >= 0.3 is 0 Å². The van der Waals surface area contributed by atoms with Gasteiger partial charge in [-0.25, -0.2) is 0 Å². The molecule has 0 aromatic heterocycles. The second kappa shape index (κ2) is 3.78. The van der Waals surface area contributed by atoms with Crippen molar-refractivity contribution in [2.45, 2.75) is 33.0 Å². The minimum atomic E-state index is -0.201. The van der Waals surface area contributed by atoms with E-state index in [9.17, 15) is 4.79 Å². The number of Topliss-reactive ketones (excluding diaryl/α,β-unsaturated/α-hetero) is 1. The minimum Gasteiger partial charge on any atom is -0.356 e. The highest BCUT2D eigenvalue weighted by molar-refractivity contribution is 5.87. The quantitative estimate of drug-likeness (QED) is 0.708. The van der Waals surface area contributed by atoms with E-state index < -0.39 is 0 Å². The first-order valence-electron chi connectivity index (χ1n) is 5.35. The van der Waals surface area contributed by atoms with Crippen molar-refractivity contribution in [3.8, 4) is 0 Å². The Kier molecular flexibility index (Phi) is 2.61. The second-order valence-corrected chi connectivity index (χ2v) is 4.45. The van der Waals surface area contributed by atoms with Crippen LogP contribution in [-0.2, 0) is 9.53 Å². The van der Waals surface area contributed by atoms with Gasteiger partial charge in [-0.05, 0) is 12.5 Å². The van der Waals surface area contributed by atoms with Gasteiger partial charge in [0.1, 0.15) is 12.2 Å². The fourth-order valence-corrected chi connectivity index (χ4v) is 1.67. The standard InChI is InChI=1S/C13H16O2/c1-8(2)11(14)13-12(15-13)10-6-4-9(3)5-7-10/h4-8,12-13H,1-3H3/t12-,13-/m1/s1. The number of epoxide rings is 1. The number of carbonyl (C=O) groups excluding carboxylic acids is 1. The normalized spacial score (nSPS) is 24.3. The highest BCUT2D eigenvalue weighted by atomic mass is 16.6. The third kappa shape index (κ3) is 2.10. The van der Waals surface area contributed by atoms with E-state index in [0.717, 1.165) is 5.56 Å². The average molecular weight is 204 g/mol. The van der Waals surface area contributed by atoms with E-state index in [4.69, 9.17) is 4.74 Å². The van der Waals surface area contributed by atoms with E-state index >= 15 is 0 Å². The van der Waals surface area contributed by atoms with Crippen molar-refractivity contribution in [3.63, 3.8) is 0 Å². The molecule has 1 saturated heterocycles. The third-order valence-electron chi connectivity index (χ3n) is 2.75. The highest BCUT2D eigenvalue weighted by Gasteiger charge is 2.46. The fourth-order valence-electron chi connectivity index (χ4n) is 1.67. The number of ether oxygens (including phenoxy) is 1. The maximum absolute atomic E-state index is 11.6. The van der Waals surface area contributed by atoms with Crippen molar-refractivity contribution in [3.05, 3.63) is 35.4 Å². The molecule has 1 aromatic rings. The topological polar surface area (TPSA) is 29.6 Å². The maximum atomic E-state index is 11.6. The van der Waals surface area contributed by atoms with E-state index in [1.165, 1.54) is 5.56 Å². The van der Waals surface area contributed by atoms with Crippen LogP contribution in [0.1, 0.15) is 31.1 Å². The van der Waals surface area contributed by atoms with Crippen molar-refractivity contribution in [2.24, 2.45) is 5.92 Å². The van der Waals surface area contributed by atoms with E-state index in [2.05, 4.69) is 0 Å². The third-order valence-corrected chi connectivity index (χ3v) is 2.75. The number of ketones is 1. The van der Waals surface area contributed by atoms with E-state index in [0.29, 0.717) is 0 Å². The van der Waals surface area contributed by atoms with Gasteiger partial charge < -0.3 is 4.74 Å². The Labute approximate surface area is 90.3 Å². The van der Waals surface area contributed by atoms with Crippen molar-refractivity contribution >= 4 is 5.78 Å². The van der Waals surface area contributed by atoms with Crippen LogP contribution in [0.3, 0.4) is 0 Å². The Bertz CT molecular complexity index is 365. The molecule has 1 fully saturated rings. The minimum absolute atomic E-state index is 0.000463. The van der Waals surface area contributed by atoms with Gasteiger partial charge in [-0.15, -0.1) is 0 Å². The first-order chi connectivity index (χ1) is 7.09. The molecular formula is C13H16O2. The van der Waals surface area contributed by atoms with E-state index in [-0.39, 0.29) is 23.9 Å². The van der Waals surface area contributed by atoms with Crippen molar-refractivity contribution in [1.82, 2.24) is 0 Å². The van der Waals surface area contributed by atoms with Crippen LogP contribution in [-0.4, -0.2) is 11.9 Å². The summed E-state index contributed by atoms with van der Waals surface area (Å²) in [7, 11) is 0. The summed E-state index contributed by atoms with van der Waals surface area (Å²) in [4.78, 5) is 11.6.